The molecule has 5 aromatic rings. The van der Waals surface area contributed by atoms with Gasteiger partial charge in [0.15, 0.2) is 5.65 Å². The van der Waals surface area contributed by atoms with Crippen LogP contribution in [0.4, 0.5) is 0 Å². The van der Waals surface area contributed by atoms with Crippen LogP contribution in [0.1, 0.15) is 0 Å². The van der Waals surface area contributed by atoms with Gasteiger partial charge in [0.05, 0.1) is 26.9 Å². The van der Waals surface area contributed by atoms with E-state index in [4.69, 9.17) is 33.2 Å². The minimum atomic E-state index is -0.330. The van der Waals surface area contributed by atoms with E-state index in [9.17, 15) is 4.79 Å². The van der Waals surface area contributed by atoms with Crippen LogP contribution in [0.2, 0.25) is 10.0 Å². The summed E-state index contributed by atoms with van der Waals surface area (Å²) in [5, 5.41) is 1.65. The zero-order chi connectivity index (χ0) is 20.0. The summed E-state index contributed by atoms with van der Waals surface area (Å²) in [6, 6.07) is 18.5. The Kier molecular flexibility index (Phi) is 4.27. The second-order valence-corrected chi connectivity index (χ2v) is 7.31. The topological polar surface area (TPSA) is 71.5 Å². The molecule has 0 aliphatic rings. The van der Waals surface area contributed by atoms with Crippen molar-refractivity contribution >= 4 is 45.3 Å². The Morgan fingerprint density at radius 3 is 2.34 bits per heavy atom. The third-order valence-corrected chi connectivity index (χ3v) is 5.18. The monoisotopic (exact) mass is 418 g/mol. The lowest BCUT2D eigenvalue weighted by Crippen LogP contribution is -2.07. The Hall–Kier alpha value is -3.28. The van der Waals surface area contributed by atoms with Gasteiger partial charge in [-0.15, -0.1) is 0 Å². The normalized spacial score (nSPS) is 11.2. The van der Waals surface area contributed by atoms with Gasteiger partial charge in [0.2, 0.25) is 0 Å². The average Bonchev–Trinajstić information content (AvgIpc) is 2.73. The lowest BCUT2D eigenvalue weighted by atomic mass is 10.0. The summed E-state index contributed by atoms with van der Waals surface area (Å²) in [5.74, 6) is 0. The van der Waals surface area contributed by atoms with E-state index in [1.165, 1.54) is 6.07 Å². The second kappa shape index (κ2) is 6.95. The first kappa shape index (κ1) is 17.8. The first-order chi connectivity index (χ1) is 14.1. The number of benzene rings is 2. The predicted octanol–water partition coefficient (Wildman–Crippen LogP) is 5.51. The molecule has 0 radical (unpaired) electrons. The number of aromatic nitrogens is 4. The molecule has 0 atom stereocenters. The van der Waals surface area contributed by atoms with Gasteiger partial charge in [0, 0.05) is 28.8 Å². The molecule has 0 aliphatic heterocycles. The molecule has 0 fully saturated rings. The molecule has 0 saturated carbocycles. The molecule has 3 aromatic heterocycles. The maximum atomic E-state index is 11.9. The maximum absolute atomic E-state index is 11.9. The zero-order valence-corrected chi connectivity index (χ0v) is 16.4. The highest BCUT2D eigenvalue weighted by atomic mass is 35.5. The van der Waals surface area contributed by atoms with E-state index in [2.05, 4.69) is 9.97 Å². The molecule has 1 N–H and O–H groups in total. The van der Waals surface area contributed by atoms with Crippen molar-refractivity contribution in [2.75, 3.05) is 0 Å². The molecular weight excluding hydrogens is 407 g/mol. The first-order valence-corrected chi connectivity index (χ1v) is 9.56. The Morgan fingerprint density at radius 1 is 0.759 bits per heavy atom. The fourth-order valence-corrected chi connectivity index (χ4v) is 3.81. The lowest BCUT2D eigenvalue weighted by Gasteiger charge is -2.12. The fourth-order valence-electron chi connectivity index (χ4n) is 3.31. The van der Waals surface area contributed by atoms with Gasteiger partial charge in [-0.05, 0) is 18.2 Å². The second-order valence-electron chi connectivity index (χ2n) is 6.50. The Balaban J connectivity index is 1.88. The van der Waals surface area contributed by atoms with Gasteiger partial charge in [-0.2, -0.15) is 0 Å². The van der Waals surface area contributed by atoms with E-state index < -0.39 is 0 Å². The van der Waals surface area contributed by atoms with Gasteiger partial charge < -0.3 is 4.98 Å². The van der Waals surface area contributed by atoms with Gasteiger partial charge >= 0.3 is 0 Å². The van der Waals surface area contributed by atoms with Crippen LogP contribution in [0.25, 0.3) is 44.6 Å². The van der Waals surface area contributed by atoms with E-state index in [0.29, 0.717) is 27.6 Å². The molecule has 0 spiro atoms. The number of pyridine rings is 2. The minimum absolute atomic E-state index is 0.241. The molecule has 0 amide bonds. The van der Waals surface area contributed by atoms with Crippen molar-refractivity contribution in [3.63, 3.8) is 0 Å². The van der Waals surface area contributed by atoms with Crippen LogP contribution in [0.5, 0.6) is 0 Å². The van der Waals surface area contributed by atoms with Gasteiger partial charge in [-0.3, -0.25) is 9.78 Å². The number of hydrogen-bond donors (Lipinski definition) is 1. The van der Waals surface area contributed by atoms with Crippen LogP contribution in [-0.2, 0) is 0 Å². The molecule has 2 aromatic carbocycles. The minimum Gasteiger partial charge on any atom is -0.305 e. The Morgan fingerprint density at radius 2 is 1.52 bits per heavy atom. The smallest absolute Gasteiger partial charge is 0.251 e. The van der Waals surface area contributed by atoms with Gasteiger partial charge in [0.1, 0.15) is 5.52 Å². The van der Waals surface area contributed by atoms with Crippen LogP contribution in [0.15, 0.2) is 71.7 Å². The number of halogens is 2. The summed E-state index contributed by atoms with van der Waals surface area (Å²) in [4.78, 5) is 28.4. The average molecular weight is 419 g/mol. The highest BCUT2D eigenvalue weighted by Crippen LogP contribution is 2.35. The zero-order valence-electron chi connectivity index (χ0n) is 14.9. The summed E-state index contributed by atoms with van der Waals surface area (Å²) in [6.07, 6.45) is 1.70. The summed E-state index contributed by atoms with van der Waals surface area (Å²) in [5.41, 5.74) is 4.02. The summed E-state index contributed by atoms with van der Waals surface area (Å²) < 4.78 is 0. The number of nitrogens with zero attached hydrogens (tertiary/aromatic N) is 3. The van der Waals surface area contributed by atoms with Gasteiger partial charge in [-0.25, -0.2) is 9.97 Å². The molecular formula is C22H12Cl2N4O. The molecule has 5 nitrogen and oxygen atoms in total. The predicted molar refractivity (Wildman–Crippen MR) is 116 cm³/mol. The fraction of sp³-hybridized carbons (Fsp3) is 0. The summed E-state index contributed by atoms with van der Waals surface area (Å²) in [6.45, 7) is 0. The van der Waals surface area contributed by atoms with Crippen molar-refractivity contribution in [2.45, 2.75) is 0 Å². The van der Waals surface area contributed by atoms with Crippen molar-refractivity contribution in [3.05, 3.63) is 87.3 Å². The van der Waals surface area contributed by atoms with Crippen molar-refractivity contribution < 1.29 is 0 Å². The Bertz CT molecular complexity index is 1450. The number of aromatic amines is 1. The number of H-pyrrole nitrogens is 1. The molecule has 0 bridgehead atoms. The number of nitrogens with one attached hydrogen (secondary N) is 1. The molecule has 5 rings (SSSR count). The van der Waals surface area contributed by atoms with Crippen LogP contribution in [-0.4, -0.2) is 19.9 Å². The first-order valence-electron chi connectivity index (χ1n) is 8.81. The number of rotatable bonds is 2. The van der Waals surface area contributed by atoms with Crippen LogP contribution in [0, 0.1) is 0 Å². The van der Waals surface area contributed by atoms with E-state index in [1.54, 1.807) is 6.20 Å². The highest BCUT2D eigenvalue weighted by Gasteiger charge is 2.17. The van der Waals surface area contributed by atoms with Gasteiger partial charge in [-0.1, -0.05) is 59.6 Å². The van der Waals surface area contributed by atoms with E-state index >= 15 is 0 Å². The molecule has 7 heteroatoms. The standard InChI is InChI=1S/C22H12Cl2N4O/c23-15-10-14(9-13-7-4-8-25-18(13)15)20-19(12-5-2-1-3-6-12)28-22-21(27-20)16(24)11-17(29)26-22/h1-11H,(H,26,28,29). The maximum Gasteiger partial charge on any atom is 0.251 e. The summed E-state index contributed by atoms with van der Waals surface area (Å²) >= 11 is 12.8. The van der Waals surface area contributed by atoms with Crippen molar-refractivity contribution in [2.24, 2.45) is 0 Å². The quantitative estimate of drug-likeness (QED) is 0.410. The van der Waals surface area contributed by atoms with Crippen molar-refractivity contribution in [3.8, 4) is 22.5 Å². The highest BCUT2D eigenvalue weighted by molar-refractivity contribution is 6.35. The van der Waals surface area contributed by atoms with E-state index in [1.807, 2.05) is 54.6 Å². The molecule has 140 valence electrons. The number of hydrogen-bond acceptors (Lipinski definition) is 4. The molecule has 29 heavy (non-hydrogen) atoms. The van der Waals surface area contributed by atoms with Crippen molar-refractivity contribution in [1.82, 2.24) is 19.9 Å². The summed E-state index contributed by atoms with van der Waals surface area (Å²) in [7, 11) is 0. The van der Waals surface area contributed by atoms with Crippen LogP contribution in [0.3, 0.4) is 0 Å². The van der Waals surface area contributed by atoms with Crippen molar-refractivity contribution in [1.29, 1.82) is 0 Å². The largest absolute Gasteiger partial charge is 0.305 e. The molecule has 0 saturated heterocycles. The van der Waals surface area contributed by atoms with E-state index in [0.717, 1.165) is 22.0 Å². The third-order valence-electron chi connectivity index (χ3n) is 4.60. The SMILES string of the molecule is O=c1cc(Cl)c2nc(-c3cc(Cl)c4ncccc4c3)c(-c3ccccc3)nc2[nH]1. The third kappa shape index (κ3) is 3.14. The molecule has 0 aliphatic carbocycles. The number of fused-ring (bicyclic) bond motifs is 2. The molecule has 0 unspecified atom stereocenters. The van der Waals surface area contributed by atoms with Crippen LogP contribution < -0.4 is 5.56 Å². The molecule has 3 heterocycles. The Labute approximate surface area is 175 Å². The van der Waals surface area contributed by atoms with Crippen LogP contribution >= 0.6 is 23.2 Å². The van der Waals surface area contributed by atoms with Gasteiger partial charge in [0.25, 0.3) is 5.56 Å². The van der Waals surface area contributed by atoms with E-state index in [-0.39, 0.29) is 10.6 Å². The lowest BCUT2D eigenvalue weighted by molar-refractivity contribution is 1.19.